The summed E-state index contributed by atoms with van der Waals surface area (Å²) in [7, 11) is 0. The van der Waals surface area contributed by atoms with Gasteiger partial charge in [-0.15, -0.1) is 0 Å². The topological polar surface area (TPSA) is 44.1 Å². The van der Waals surface area contributed by atoms with Crippen LogP contribution in [0.3, 0.4) is 0 Å². The van der Waals surface area contributed by atoms with Gasteiger partial charge in [-0.1, -0.05) is 37.3 Å². The Bertz CT molecular complexity index is 591. The molecular weight excluding hydrogens is 240 g/mol. The van der Waals surface area contributed by atoms with Crippen LogP contribution in [0.1, 0.15) is 25.2 Å². The molecule has 0 aliphatic rings. The molecular formula is C15H18N2O2. The van der Waals surface area contributed by atoms with Crippen LogP contribution in [0.2, 0.25) is 0 Å². The Morgan fingerprint density at radius 3 is 2.58 bits per heavy atom. The summed E-state index contributed by atoms with van der Waals surface area (Å²) >= 11 is 0. The summed E-state index contributed by atoms with van der Waals surface area (Å²) in [6.07, 6.45) is 2.26. The van der Waals surface area contributed by atoms with Gasteiger partial charge >= 0.3 is 0 Å². The Morgan fingerprint density at radius 1 is 1.21 bits per heavy atom. The fourth-order valence-corrected chi connectivity index (χ4v) is 1.95. The summed E-state index contributed by atoms with van der Waals surface area (Å²) in [5.41, 5.74) is 0.926. The highest BCUT2D eigenvalue weighted by molar-refractivity contribution is 5.18. The Morgan fingerprint density at radius 2 is 1.95 bits per heavy atom. The average molecular weight is 258 g/mol. The van der Waals surface area contributed by atoms with Crippen molar-refractivity contribution in [1.29, 1.82) is 0 Å². The van der Waals surface area contributed by atoms with Gasteiger partial charge in [-0.3, -0.25) is 9.36 Å². The second kappa shape index (κ2) is 6.18. The first-order valence-electron chi connectivity index (χ1n) is 6.51. The summed E-state index contributed by atoms with van der Waals surface area (Å²) in [4.78, 5) is 16.5. The van der Waals surface area contributed by atoms with Crippen LogP contribution in [0.5, 0.6) is 5.75 Å². The molecule has 4 nitrogen and oxygen atoms in total. The van der Waals surface area contributed by atoms with Gasteiger partial charge in [0.1, 0.15) is 12.4 Å². The van der Waals surface area contributed by atoms with Gasteiger partial charge in [0.25, 0.3) is 5.56 Å². The van der Waals surface area contributed by atoms with Crippen molar-refractivity contribution >= 4 is 0 Å². The molecule has 0 saturated heterocycles. The minimum Gasteiger partial charge on any atom is -0.482 e. The molecule has 2 aromatic rings. The van der Waals surface area contributed by atoms with Crippen LogP contribution in [0, 0.1) is 0 Å². The molecule has 0 aliphatic carbocycles. The standard InChI is InChI=1S/C15H18N2O2/c1-3-14-16-10-13(15(18)17(14)4-2)19-11-12-8-6-5-7-9-12/h5-10H,3-4,11H2,1-2H3. The maximum absolute atomic E-state index is 12.2. The first kappa shape index (κ1) is 13.3. The van der Waals surface area contributed by atoms with E-state index >= 15 is 0 Å². The number of hydrogen-bond donors (Lipinski definition) is 0. The largest absolute Gasteiger partial charge is 0.482 e. The van der Waals surface area contributed by atoms with E-state index in [1.165, 1.54) is 6.20 Å². The van der Waals surface area contributed by atoms with E-state index in [1.54, 1.807) is 4.57 Å². The van der Waals surface area contributed by atoms with Gasteiger partial charge in [0, 0.05) is 13.0 Å². The maximum Gasteiger partial charge on any atom is 0.295 e. The minimum atomic E-state index is -0.106. The molecule has 100 valence electrons. The predicted molar refractivity (Wildman–Crippen MR) is 74.3 cm³/mol. The Hall–Kier alpha value is -2.10. The normalized spacial score (nSPS) is 10.4. The van der Waals surface area contributed by atoms with Crippen molar-refractivity contribution in [3.63, 3.8) is 0 Å². The Kier molecular flexibility index (Phi) is 4.34. The van der Waals surface area contributed by atoms with Gasteiger partial charge in [0.05, 0.1) is 6.20 Å². The zero-order valence-corrected chi connectivity index (χ0v) is 11.3. The zero-order valence-electron chi connectivity index (χ0n) is 11.3. The van der Waals surface area contributed by atoms with Crippen LogP contribution in [0.15, 0.2) is 41.3 Å². The zero-order chi connectivity index (χ0) is 13.7. The molecule has 1 heterocycles. The molecule has 0 N–H and O–H groups in total. The van der Waals surface area contributed by atoms with Crippen LogP contribution in [0.25, 0.3) is 0 Å². The van der Waals surface area contributed by atoms with Crippen molar-refractivity contribution in [2.45, 2.75) is 33.4 Å². The number of aryl methyl sites for hydroxylation is 1. The predicted octanol–water partition coefficient (Wildman–Crippen LogP) is 2.40. The van der Waals surface area contributed by atoms with Gasteiger partial charge < -0.3 is 4.74 Å². The average Bonchev–Trinajstić information content (AvgIpc) is 2.46. The summed E-state index contributed by atoms with van der Waals surface area (Å²) < 4.78 is 7.22. The number of ether oxygens (including phenoxy) is 1. The van der Waals surface area contributed by atoms with Gasteiger partial charge in [0.15, 0.2) is 0 Å². The molecule has 0 aliphatic heterocycles. The molecule has 0 amide bonds. The number of rotatable bonds is 5. The molecule has 4 heteroatoms. The number of benzene rings is 1. The van der Waals surface area contributed by atoms with Gasteiger partial charge in [0.2, 0.25) is 5.75 Å². The van der Waals surface area contributed by atoms with Crippen LogP contribution in [-0.4, -0.2) is 9.55 Å². The number of hydrogen-bond acceptors (Lipinski definition) is 3. The molecule has 19 heavy (non-hydrogen) atoms. The Balaban J connectivity index is 2.20. The molecule has 0 spiro atoms. The quantitative estimate of drug-likeness (QED) is 0.827. The molecule has 0 atom stereocenters. The van der Waals surface area contributed by atoms with E-state index in [1.807, 2.05) is 44.2 Å². The molecule has 2 rings (SSSR count). The molecule has 0 radical (unpaired) electrons. The lowest BCUT2D eigenvalue weighted by molar-refractivity contribution is 0.296. The minimum absolute atomic E-state index is 0.106. The second-order valence-electron chi connectivity index (χ2n) is 4.22. The summed E-state index contributed by atoms with van der Waals surface area (Å²) in [5.74, 6) is 1.10. The van der Waals surface area contributed by atoms with Crippen molar-refractivity contribution in [2.24, 2.45) is 0 Å². The van der Waals surface area contributed by atoms with E-state index in [-0.39, 0.29) is 5.56 Å². The SMILES string of the molecule is CCc1ncc(OCc2ccccc2)c(=O)n1CC. The first-order chi connectivity index (χ1) is 9.26. The maximum atomic E-state index is 12.2. The molecule has 1 aromatic carbocycles. The lowest BCUT2D eigenvalue weighted by Gasteiger charge is -2.11. The highest BCUT2D eigenvalue weighted by Crippen LogP contribution is 2.07. The monoisotopic (exact) mass is 258 g/mol. The van der Waals surface area contributed by atoms with E-state index in [4.69, 9.17) is 4.74 Å². The third-order valence-electron chi connectivity index (χ3n) is 2.97. The molecule has 0 fully saturated rings. The van der Waals surface area contributed by atoms with Gasteiger partial charge in [-0.05, 0) is 12.5 Å². The van der Waals surface area contributed by atoms with Crippen molar-refractivity contribution in [2.75, 3.05) is 0 Å². The highest BCUT2D eigenvalue weighted by atomic mass is 16.5. The smallest absolute Gasteiger partial charge is 0.295 e. The first-order valence-corrected chi connectivity index (χ1v) is 6.51. The number of aromatic nitrogens is 2. The van der Waals surface area contributed by atoms with Crippen LogP contribution in [0.4, 0.5) is 0 Å². The fourth-order valence-electron chi connectivity index (χ4n) is 1.95. The second-order valence-corrected chi connectivity index (χ2v) is 4.22. The van der Waals surface area contributed by atoms with Crippen molar-refractivity contribution in [3.05, 3.63) is 58.3 Å². The third kappa shape index (κ3) is 3.02. The van der Waals surface area contributed by atoms with Crippen molar-refractivity contribution in [3.8, 4) is 5.75 Å². The third-order valence-corrected chi connectivity index (χ3v) is 2.97. The summed E-state index contributed by atoms with van der Waals surface area (Å²) in [5, 5.41) is 0. The van der Waals surface area contributed by atoms with Crippen LogP contribution >= 0.6 is 0 Å². The molecule has 0 unspecified atom stereocenters. The van der Waals surface area contributed by atoms with Crippen LogP contribution in [-0.2, 0) is 19.6 Å². The van der Waals surface area contributed by atoms with Crippen molar-refractivity contribution in [1.82, 2.24) is 9.55 Å². The van der Waals surface area contributed by atoms with Gasteiger partial charge in [-0.25, -0.2) is 4.98 Å². The van der Waals surface area contributed by atoms with Crippen LogP contribution < -0.4 is 10.3 Å². The van der Waals surface area contributed by atoms with E-state index < -0.39 is 0 Å². The lowest BCUT2D eigenvalue weighted by Crippen LogP contribution is -2.25. The summed E-state index contributed by atoms with van der Waals surface area (Å²) in [6.45, 7) is 4.91. The van der Waals surface area contributed by atoms with E-state index in [0.29, 0.717) is 18.9 Å². The van der Waals surface area contributed by atoms with E-state index in [0.717, 1.165) is 17.8 Å². The Labute approximate surface area is 112 Å². The fraction of sp³-hybridized carbons (Fsp3) is 0.333. The molecule has 0 bridgehead atoms. The van der Waals surface area contributed by atoms with Crippen molar-refractivity contribution < 1.29 is 4.74 Å². The highest BCUT2D eigenvalue weighted by Gasteiger charge is 2.08. The molecule has 0 saturated carbocycles. The number of nitrogens with zero attached hydrogens (tertiary/aromatic N) is 2. The molecule has 1 aromatic heterocycles. The van der Waals surface area contributed by atoms with E-state index in [2.05, 4.69) is 4.98 Å². The van der Waals surface area contributed by atoms with E-state index in [9.17, 15) is 4.79 Å². The summed E-state index contributed by atoms with van der Waals surface area (Å²) in [6, 6.07) is 9.77. The van der Waals surface area contributed by atoms with Gasteiger partial charge in [-0.2, -0.15) is 0 Å². The lowest BCUT2D eigenvalue weighted by atomic mass is 10.2.